The van der Waals surface area contributed by atoms with Gasteiger partial charge < -0.3 is 15.5 Å². The van der Waals surface area contributed by atoms with Gasteiger partial charge in [0.1, 0.15) is 22.8 Å². The molecule has 5 rings (SSSR count). The first-order chi connectivity index (χ1) is 15.6. The Labute approximate surface area is 193 Å². The van der Waals surface area contributed by atoms with Gasteiger partial charge in [-0.05, 0) is 30.3 Å². The summed E-state index contributed by atoms with van der Waals surface area (Å²) in [5.74, 6) is -0.710. The van der Waals surface area contributed by atoms with Crippen LogP contribution in [0.15, 0.2) is 55.0 Å². The lowest BCUT2D eigenvalue weighted by molar-refractivity contribution is -0.120. The molecule has 0 spiro atoms. The van der Waals surface area contributed by atoms with Crippen molar-refractivity contribution in [2.24, 2.45) is 0 Å². The second-order valence-electron chi connectivity index (χ2n) is 7.22. The van der Waals surface area contributed by atoms with E-state index < -0.39 is 11.6 Å². The molecule has 1 fully saturated rings. The highest BCUT2D eigenvalue weighted by molar-refractivity contribution is 5.85. The van der Waals surface area contributed by atoms with Crippen LogP contribution >= 0.6 is 12.4 Å². The Bertz CT molecular complexity index is 1320. The first-order valence-electron chi connectivity index (χ1n) is 9.89. The number of carbonyl (C=O) groups excluding carboxylic acids is 1. The van der Waals surface area contributed by atoms with Crippen LogP contribution in [0.1, 0.15) is 0 Å². The van der Waals surface area contributed by atoms with Crippen LogP contribution in [-0.2, 0) is 4.79 Å². The molecule has 8 nitrogen and oxygen atoms in total. The molecule has 3 aromatic heterocycles. The Morgan fingerprint density at radius 3 is 2.70 bits per heavy atom. The molecule has 1 aliphatic rings. The number of aromatic nitrogens is 4. The maximum atomic E-state index is 14.5. The minimum Gasteiger partial charge on any atom is -0.359 e. The van der Waals surface area contributed by atoms with Crippen molar-refractivity contribution in [3.8, 4) is 11.3 Å². The Kier molecular flexibility index (Phi) is 6.27. The van der Waals surface area contributed by atoms with Gasteiger partial charge in [-0.25, -0.2) is 23.7 Å². The van der Waals surface area contributed by atoms with Crippen LogP contribution < -0.4 is 15.5 Å². The zero-order valence-corrected chi connectivity index (χ0v) is 17.9. The van der Waals surface area contributed by atoms with Crippen LogP contribution in [0.25, 0.3) is 22.2 Å². The maximum absolute atomic E-state index is 14.5. The summed E-state index contributed by atoms with van der Waals surface area (Å²) in [6.07, 6.45) is 4.16. The van der Waals surface area contributed by atoms with Crippen LogP contribution in [0.2, 0.25) is 0 Å². The van der Waals surface area contributed by atoms with Crippen LogP contribution in [0, 0.1) is 11.6 Å². The van der Waals surface area contributed by atoms with Gasteiger partial charge in [-0.3, -0.25) is 9.78 Å². The highest BCUT2D eigenvalue weighted by Crippen LogP contribution is 2.27. The summed E-state index contributed by atoms with van der Waals surface area (Å²) < 4.78 is 28.9. The molecule has 1 saturated heterocycles. The maximum Gasteiger partial charge on any atom is 0.239 e. The lowest BCUT2D eigenvalue weighted by Gasteiger charge is -2.28. The molecule has 4 aromatic rings. The number of piperazine rings is 1. The highest BCUT2D eigenvalue weighted by Gasteiger charge is 2.17. The van der Waals surface area contributed by atoms with Gasteiger partial charge >= 0.3 is 0 Å². The molecule has 0 atom stereocenters. The van der Waals surface area contributed by atoms with Crippen molar-refractivity contribution in [1.82, 2.24) is 25.3 Å². The summed E-state index contributed by atoms with van der Waals surface area (Å²) in [5, 5.41) is 6.24. The highest BCUT2D eigenvalue weighted by atomic mass is 35.5. The summed E-state index contributed by atoms with van der Waals surface area (Å²) in [4.78, 5) is 30.0. The van der Waals surface area contributed by atoms with E-state index in [0.29, 0.717) is 24.3 Å². The first-order valence-corrected chi connectivity index (χ1v) is 9.89. The van der Waals surface area contributed by atoms with Gasteiger partial charge in [-0.15, -0.1) is 12.4 Å². The predicted molar refractivity (Wildman–Crippen MR) is 123 cm³/mol. The van der Waals surface area contributed by atoms with Gasteiger partial charge in [-0.1, -0.05) is 6.07 Å². The Morgan fingerprint density at radius 2 is 1.91 bits per heavy atom. The predicted octanol–water partition coefficient (Wildman–Crippen LogP) is 3.47. The molecule has 1 amide bonds. The molecule has 0 unspecified atom stereocenters. The van der Waals surface area contributed by atoms with Crippen LogP contribution in [0.3, 0.4) is 0 Å². The van der Waals surface area contributed by atoms with Gasteiger partial charge in [0.25, 0.3) is 0 Å². The molecule has 4 heterocycles. The minimum atomic E-state index is -0.676. The monoisotopic (exact) mass is 469 g/mol. The lowest BCUT2D eigenvalue weighted by Crippen LogP contribution is -2.47. The third-order valence-electron chi connectivity index (χ3n) is 5.07. The first kappa shape index (κ1) is 22.3. The average Bonchev–Trinajstić information content (AvgIpc) is 2.81. The summed E-state index contributed by atoms with van der Waals surface area (Å²) in [7, 11) is 0. The van der Waals surface area contributed by atoms with E-state index in [1.807, 2.05) is 11.0 Å². The number of anilines is 3. The SMILES string of the molecule is Cl.O=C1CN(c2ccc(Nc3ncc(F)c(-c4cc(F)c5ncccc5c4)n3)nc2)CCN1. The third-order valence-corrected chi connectivity index (χ3v) is 5.07. The molecule has 0 aliphatic carbocycles. The van der Waals surface area contributed by atoms with Crippen molar-refractivity contribution in [1.29, 1.82) is 0 Å². The van der Waals surface area contributed by atoms with E-state index in [9.17, 15) is 13.6 Å². The Balaban J connectivity index is 0.00000259. The van der Waals surface area contributed by atoms with Crippen molar-refractivity contribution in [3.63, 3.8) is 0 Å². The summed E-state index contributed by atoms with van der Waals surface area (Å²) in [6, 6.07) is 9.75. The molecule has 1 aliphatic heterocycles. The van der Waals surface area contributed by atoms with Crippen LogP contribution in [0.5, 0.6) is 0 Å². The number of fused-ring (bicyclic) bond motifs is 1. The number of hydrogen-bond donors (Lipinski definition) is 2. The van der Waals surface area contributed by atoms with Gasteiger partial charge in [0.15, 0.2) is 5.82 Å². The van der Waals surface area contributed by atoms with E-state index in [0.717, 1.165) is 11.9 Å². The lowest BCUT2D eigenvalue weighted by atomic mass is 10.1. The summed E-state index contributed by atoms with van der Waals surface area (Å²) >= 11 is 0. The number of rotatable bonds is 4. The van der Waals surface area contributed by atoms with Gasteiger partial charge in [0.2, 0.25) is 11.9 Å². The zero-order valence-electron chi connectivity index (χ0n) is 17.1. The van der Waals surface area contributed by atoms with Gasteiger partial charge in [0, 0.05) is 30.2 Å². The Morgan fingerprint density at radius 1 is 1.03 bits per heavy atom. The van der Waals surface area contributed by atoms with E-state index >= 15 is 0 Å². The minimum absolute atomic E-state index is 0. The fraction of sp³-hybridized carbons (Fsp3) is 0.136. The molecule has 0 bridgehead atoms. The normalized spacial score (nSPS) is 13.4. The molecule has 2 N–H and O–H groups in total. The van der Waals surface area contributed by atoms with Crippen molar-refractivity contribution in [3.05, 3.63) is 66.6 Å². The average molecular weight is 470 g/mol. The number of amides is 1. The zero-order chi connectivity index (χ0) is 22.1. The number of halogens is 3. The second kappa shape index (κ2) is 9.29. The number of carbonyl (C=O) groups is 1. The number of benzene rings is 1. The van der Waals surface area contributed by atoms with Crippen LogP contribution in [0.4, 0.5) is 26.2 Å². The summed E-state index contributed by atoms with van der Waals surface area (Å²) in [5.41, 5.74) is 1.26. The molecular weight excluding hydrogens is 452 g/mol. The fourth-order valence-electron chi connectivity index (χ4n) is 3.53. The standard InChI is InChI=1S/C22H17F2N7O.ClH/c23-16-9-14(8-13-2-1-5-26-20(13)16)21-17(24)11-28-22(30-21)29-18-4-3-15(10-27-18)31-7-6-25-19(32)12-31;/h1-5,8-11H,6-7,12H2,(H,25,32)(H,27,28,29,30);1H. The Hall–Kier alpha value is -3.92. The van der Waals surface area contributed by atoms with Gasteiger partial charge in [0.05, 0.1) is 24.6 Å². The van der Waals surface area contributed by atoms with E-state index in [2.05, 4.69) is 30.6 Å². The van der Waals surface area contributed by atoms with E-state index in [4.69, 9.17) is 0 Å². The molecule has 0 radical (unpaired) electrons. The largest absolute Gasteiger partial charge is 0.359 e. The quantitative estimate of drug-likeness (QED) is 0.472. The molecule has 33 heavy (non-hydrogen) atoms. The van der Waals surface area contributed by atoms with Crippen molar-refractivity contribution in [2.75, 3.05) is 29.9 Å². The van der Waals surface area contributed by atoms with Crippen molar-refractivity contribution in [2.45, 2.75) is 0 Å². The van der Waals surface area contributed by atoms with E-state index in [-0.39, 0.29) is 47.6 Å². The van der Waals surface area contributed by atoms with Gasteiger partial charge in [-0.2, -0.15) is 0 Å². The summed E-state index contributed by atoms with van der Waals surface area (Å²) in [6.45, 7) is 1.55. The number of nitrogens with zero attached hydrogens (tertiary/aromatic N) is 5. The number of hydrogen-bond acceptors (Lipinski definition) is 7. The molecule has 11 heteroatoms. The topological polar surface area (TPSA) is 95.9 Å². The molecule has 0 saturated carbocycles. The third kappa shape index (κ3) is 4.65. The smallest absolute Gasteiger partial charge is 0.239 e. The van der Waals surface area contributed by atoms with Crippen LogP contribution in [-0.4, -0.2) is 45.5 Å². The van der Waals surface area contributed by atoms with E-state index in [1.54, 1.807) is 30.5 Å². The number of nitrogens with one attached hydrogen (secondary N) is 2. The van der Waals surface area contributed by atoms with E-state index in [1.165, 1.54) is 12.3 Å². The molecular formula is C22H18ClF2N7O. The number of pyridine rings is 2. The van der Waals surface area contributed by atoms with Crippen molar-refractivity contribution < 1.29 is 13.6 Å². The second-order valence-corrected chi connectivity index (χ2v) is 7.22. The molecule has 168 valence electrons. The fourth-order valence-corrected chi connectivity index (χ4v) is 3.53. The van der Waals surface area contributed by atoms with Crippen molar-refractivity contribution >= 4 is 46.7 Å². The molecule has 1 aromatic carbocycles.